The topological polar surface area (TPSA) is 119 Å². The molecular weight excluding hydrogens is 699 g/mol. The highest BCUT2D eigenvalue weighted by Gasteiger charge is 2.22. The first-order valence-corrected chi connectivity index (χ1v) is 22.8. The fourth-order valence-electron chi connectivity index (χ4n) is 5.58. The molecule has 0 aliphatic rings. The minimum absolute atomic E-state index is 0.130. The molecule has 54 heavy (non-hydrogen) atoms. The summed E-state index contributed by atoms with van der Waals surface area (Å²) in [5.74, 6) is -0.958. The molecule has 0 spiro atoms. The van der Waals surface area contributed by atoms with Gasteiger partial charge >= 0.3 is 19.8 Å². The summed E-state index contributed by atoms with van der Waals surface area (Å²) >= 11 is 0. The highest BCUT2D eigenvalue weighted by atomic mass is 31.2. The zero-order valence-electron chi connectivity index (χ0n) is 34.1. The summed E-state index contributed by atoms with van der Waals surface area (Å²) in [6.45, 7) is 3.52. The molecule has 1 atom stereocenters. The first-order chi connectivity index (χ1) is 26.3. The van der Waals surface area contributed by atoms with Crippen molar-refractivity contribution in [3.63, 3.8) is 0 Å². The molecule has 0 radical (unpaired) electrons. The van der Waals surface area contributed by atoms with Gasteiger partial charge in [0.05, 0.1) is 6.61 Å². The molecule has 8 nitrogen and oxygen atoms in total. The number of carbonyl (C=O) groups is 2. The SMILES string of the molecule is CC/C=C/C/C=C/C/C=C/C/C=C/C/C=C/CCCC(=O)O[C@H](COC(=O)CCCCCCCCCCC/C=C/CCCCCCCC)COP(=O)(O)O. The van der Waals surface area contributed by atoms with Crippen LogP contribution in [-0.4, -0.2) is 41.0 Å². The maximum atomic E-state index is 12.4. The predicted molar refractivity (Wildman–Crippen MR) is 225 cm³/mol. The van der Waals surface area contributed by atoms with E-state index in [9.17, 15) is 14.2 Å². The minimum Gasteiger partial charge on any atom is -0.462 e. The van der Waals surface area contributed by atoms with E-state index in [2.05, 4.69) is 79.1 Å². The molecule has 0 fully saturated rings. The van der Waals surface area contributed by atoms with E-state index in [0.717, 1.165) is 51.4 Å². The van der Waals surface area contributed by atoms with Crippen LogP contribution in [0.25, 0.3) is 0 Å². The minimum atomic E-state index is -4.77. The molecule has 0 aliphatic heterocycles. The van der Waals surface area contributed by atoms with Crippen LogP contribution >= 0.6 is 7.82 Å². The third-order valence-corrected chi connectivity index (χ3v) is 9.19. The van der Waals surface area contributed by atoms with Gasteiger partial charge < -0.3 is 19.3 Å². The average Bonchev–Trinajstić information content (AvgIpc) is 3.14. The van der Waals surface area contributed by atoms with E-state index in [1.165, 1.54) is 83.5 Å². The van der Waals surface area contributed by atoms with Crippen LogP contribution in [0.15, 0.2) is 72.9 Å². The molecule has 0 aromatic rings. The number of phosphoric ester groups is 1. The first-order valence-electron chi connectivity index (χ1n) is 21.2. The van der Waals surface area contributed by atoms with Crippen molar-refractivity contribution in [2.24, 2.45) is 0 Å². The molecule has 0 saturated carbocycles. The molecule has 0 unspecified atom stereocenters. The smallest absolute Gasteiger partial charge is 0.462 e. The lowest BCUT2D eigenvalue weighted by atomic mass is 10.1. The van der Waals surface area contributed by atoms with Crippen LogP contribution in [-0.2, 0) is 28.2 Å². The Balaban J connectivity index is 4.00. The van der Waals surface area contributed by atoms with Crippen LogP contribution in [0.4, 0.5) is 0 Å². The van der Waals surface area contributed by atoms with Gasteiger partial charge in [-0.2, -0.15) is 0 Å². The van der Waals surface area contributed by atoms with Crippen LogP contribution in [0, 0.1) is 0 Å². The van der Waals surface area contributed by atoms with Gasteiger partial charge in [-0.05, 0) is 77.0 Å². The molecular formula is C45H77O8P. The van der Waals surface area contributed by atoms with Crippen LogP contribution in [0.5, 0.6) is 0 Å². The van der Waals surface area contributed by atoms with E-state index in [0.29, 0.717) is 19.3 Å². The van der Waals surface area contributed by atoms with Crippen LogP contribution in [0.2, 0.25) is 0 Å². The van der Waals surface area contributed by atoms with Crippen molar-refractivity contribution >= 4 is 19.8 Å². The summed E-state index contributed by atoms with van der Waals surface area (Å²) in [6, 6.07) is 0. The molecule has 0 aromatic heterocycles. The van der Waals surface area contributed by atoms with Gasteiger partial charge in [0, 0.05) is 12.8 Å². The summed E-state index contributed by atoms with van der Waals surface area (Å²) in [6.07, 6.45) is 52.0. The number of hydrogen-bond acceptors (Lipinski definition) is 6. The molecule has 0 rings (SSSR count). The number of ether oxygens (including phenoxy) is 2. The molecule has 310 valence electrons. The van der Waals surface area contributed by atoms with Crippen LogP contribution in [0.1, 0.15) is 181 Å². The van der Waals surface area contributed by atoms with Crippen LogP contribution in [0.3, 0.4) is 0 Å². The summed E-state index contributed by atoms with van der Waals surface area (Å²) in [5.41, 5.74) is 0. The lowest BCUT2D eigenvalue weighted by Gasteiger charge is -2.18. The summed E-state index contributed by atoms with van der Waals surface area (Å²) in [7, 11) is -4.77. The summed E-state index contributed by atoms with van der Waals surface area (Å²) in [4.78, 5) is 42.8. The number of phosphoric acid groups is 1. The van der Waals surface area contributed by atoms with E-state index >= 15 is 0 Å². The molecule has 0 aromatic carbocycles. The van der Waals surface area contributed by atoms with Gasteiger partial charge in [-0.25, -0.2) is 4.57 Å². The number of allylic oxidation sites excluding steroid dienone is 12. The largest absolute Gasteiger partial charge is 0.469 e. The van der Waals surface area contributed by atoms with Crippen molar-refractivity contribution < 1.29 is 37.9 Å². The van der Waals surface area contributed by atoms with Gasteiger partial charge in [0.1, 0.15) is 6.61 Å². The zero-order chi connectivity index (χ0) is 39.6. The normalized spacial score (nSPS) is 13.2. The van der Waals surface area contributed by atoms with Gasteiger partial charge in [-0.3, -0.25) is 14.1 Å². The van der Waals surface area contributed by atoms with E-state index in [-0.39, 0.29) is 19.4 Å². The first kappa shape index (κ1) is 51.5. The summed E-state index contributed by atoms with van der Waals surface area (Å²) < 4.78 is 26.3. The third-order valence-electron chi connectivity index (χ3n) is 8.71. The van der Waals surface area contributed by atoms with Gasteiger partial charge in [0.15, 0.2) is 6.10 Å². The molecule has 9 heteroatoms. The Morgan fingerprint density at radius 1 is 0.500 bits per heavy atom. The Morgan fingerprint density at radius 3 is 1.41 bits per heavy atom. The fourth-order valence-corrected chi connectivity index (χ4v) is 5.94. The van der Waals surface area contributed by atoms with Crippen molar-refractivity contribution in [2.75, 3.05) is 13.2 Å². The van der Waals surface area contributed by atoms with Crippen molar-refractivity contribution in [1.82, 2.24) is 0 Å². The van der Waals surface area contributed by atoms with Gasteiger partial charge in [-0.1, -0.05) is 164 Å². The Labute approximate surface area is 329 Å². The predicted octanol–water partition coefficient (Wildman–Crippen LogP) is 13.1. The second-order valence-electron chi connectivity index (χ2n) is 13.9. The highest BCUT2D eigenvalue weighted by Crippen LogP contribution is 2.36. The zero-order valence-corrected chi connectivity index (χ0v) is 35.0. The number of hydrogen-bond donors (Lipinski definition) is 2. The maximum absolute atomic E-state index is 12.4. The maximum Gasteiger partial charge on any atom is 0.469 e. The second kappa shape index (κ2) is 40.2. The quantitative estimate of drug-likeness (QED) is 0.0275. The number of unbranched alkanes of at least 4 members (excludes halogenated alkanes) is 16. The standard InChI is InChI=1S/C45H77O8P/c1-3-5-7-9-11-13-15-17-19-21-22-24-25-27-29-31-33-35-37-39-44(46)51-41-43(42-52-54(48,49)50)53-45(47)40-38-36-34-32-30-28-26-23-20-18-16-14-12-10-8-6-4-2/h6,8,12,14,17-20,26,28,32,34,43H,3-5,7,9-11,13,15-16,21-25,27,29-31,33,35-42H2,1-2H3,(H2,48,49,50)/b8-6+,14-12+,19-17+,20-18+,28-26+,34-32+/t43-/m1/s1. The molecule has 0 saturated heterocycles. The van der Waals surface area contributed by atoms with Crippen molar-refractivity contribution in [2.45, 2.75) is 187 Å². The van der Waals surface area contributed by atoms with E-state index < -0.39 is 32.5 Å². The Morgan fingerprint density at radius 2 is 0.907 bits per heavy atom. The molecule has 2 N–H and O–H groups in total. The van der Waals surface area contributed by atoms with Gasteiger partial charge in [-0.15, -0.1) is 0 Å². The molecule has 0 aliphatic carbocycles. The second-order valence-corrected chi connectivity index (χ2v) is 15.2. The number of carbonyl (C=O) groups excluding carboxylic acids is 2. The molecule has 0 heterocycles. The van der Waals surface area contributed by atoms with Crippen LogP contribution < -0.4 is 0 Å². The average molecular weight is 777 g/mol. The Kier molecular flexibility index (Phi) is 38.3. The van der Waals surface area contributed by atoms with E-state index in [1.807, 2.05) is 12.2 Å². The van der Waals surface area contributed by atoms with E-state index in [4.69, 9.17) is 19.3 Å². The fraction of sp³-hybridized carbons (Fsp3) is 0.689. The molecule has 0 bridgehead atoms. The lowest BCUT2D eigenvalue weighted by molar-refractivity contribution is -0.161. The summed E-state index contributed by atoms with van der Waals surface area (Å²) in [5, 5.41) is 0. The van der Waals surface area contributed by atoms with Crippen molar-refractivity contribution in [3.8, 4) is 0 Å². The number of esters is 2. The monoisotopic (exact) mass is 777 g/mol. The Bertz CT molecular complexity index is 1100. The van der Waals surface area contributed by atoms with Crippen molar-refractivity contribution in [1.29, 1.82) is 0 Å². The van der Waals surface area contributed by atoms with Gasteiger partial charge in [0.2, 0.25) is 0 Å². The molecule has 0 amide bonds. The van der Waals surface area contributed by atoms with E-state index in [1.54, 1.807) is 0 Å². The Hall–Kier alpha value is -2.51. The van der Waals surface area contributed by atoms with Crippen molar-refractivity contribution in [3.05, 3.63) is 72.9 Å². The van der Waals surface area contributed by atoms with Gasteiger partial charge in [0.25, 0.3) is 0 Å². The lowest BCUT2D eigenvalue weighted by Crippen LogP contribution is -2.29. The third kappa shape index (κ3) is 42.2. The highest BCUT2D eigenvalue weighted by molar-refractivity contribution is 7.46. The number of rotatable bonds is 38.